The van der Waals surface area contributed by atoms with Crippen molar-refractivity contribution in [2.45, 2.75) is 19.0 Å². The van der Waals surface area contributed by atoms with Gasteiger partial charge in [0.1, 0.15) is 0 Å². The van der Waals surface area contributed by atoms with E-state index in [2.05, 4.69) is 5.92 Å². The lowest BCUT2D eigenvalue weighted by Crippen LogP contribution is -2.15. The predicted molar refractivity (Wildman–Crippen MR) is 50.7 cm³/mol. The van der Waals surface area contributed by atoms with Gasteiger partial charge in [0.2, 0.25) is 0 Å². The fraction of sp³-hybridized carbons (Fsp3) is 0.429. The average molecular weight is 193 g/mol. The van der Waals surface area contributed by atoms with E-state index in [1.54, 1.807) is 0 Å². The molecule has 0 saturated heterocycles. The van der Waals surface area contributed by atoms with Crippen LogP contribution in [0.1, 0.15) is 6.92 Å². The van der Waals surface area contributed by atoms with Crippen LogP contribution in [0.5, 0.6) is 0 Å². The molecule has 0 heterocycles. The highest BCUT2D eigenvalue weighted by Gasteiger charge is 2.24. The van der Waals surface area contributed by atoms with Crippen LogP contribution in [0.25, 0.3) is 0 Å². The Hall–Kier alpha value is 0.0969. The molecule has 0 aliphatic carbocycles. The molecular formula is C7H10Cl2Si. The number of hydrogen-bond acceptors (Lipinski definition) is 0. The van der Waals surface area contributed by atoms with Gasteiger partial charge in [-0.15, -0.1) is 34.5 Å². The quantitative estimate of drug-likeness (QED) is 0.279. The molecule has 0 aromatic heterocycles. The van der Waals surface area contributed by atoms with Crippen molar-refractivity contribution in [3.63, 3.8) is 0 Å². The maximum atomic E-state index is 5.93. The van der Waals surface area contributed by atoms with E-state index in [-0.39, 0.29) is 0 Å². The van der Waals surface area contributed by atoms with Crippen molar-refractivity contribution in [3.05, 3.63) is 12.2 Å². The van der Waals surface area contributed by atoms with Crippen LogP contribution < -0.4 is 0 Å². The Kier molecular flexibility index (Phi) is 4.89. The molecular weight excluding hydrogens is 183 g/mol. The summed E-state index contributed by atoms with van der Waals surface area (Å²) in [5.41, 5.74) is 0. The van der Waals surface area contributed by atoms with Gasteiger partial charge >= 0.3 is 0 Å². The maximum absolute atomic E-state index is 5.93. The molecule has 0 amide bonds. The summed E-state index contributed by atoms with van der Waals surface area (Å²) in [6, 6.07) is 1.28. The minimum absolute atomic E-state index is 0.528. The molecule has 56 valence electrons. The summed E-state index contributed by atoms with van der Waals surface area (Å²) >= 11 is 11.9. The second-order valence-electron chi connectivity index (χ2n) is 2.01. The van der Waals surface area contributed by atoms with Gasteiger partial charge in [0.05, 0.1) is 0 Å². The van der Waals surface area contributed by atoms with Crippen molar-refractivity contribution < 1.29 is 0 Å². The van der Waals surface area contributed by atoms with Crippen molar-refractivity contribution >= 4 is 28.9 Å². The summed E-state index contributed by atoms with van der Waals surface area (Å²) in [4.78, 5) is 0. The van der Waals surface area contributed by atoms with Gasteiger partial charge in [0.25, 0.3) is 6.69 Å². The lowest BCUT2D eigenvalue weighted by atomic mass is 10.6. The van der Waals surface area contributed by atoms with Crippen molar-refractivity contribution in [1.82, 2.24) is 0 Å². The van der Waals surface area contributed by atoms with Crippen molar-refractivity contribution in [2.24, 2.45) is 0 Å². The number of allylic oxidation sites excluding steroid dienone is 2. The van der Waals surface area contributed by atoms with Crippen LogP contribution in [0.15, 0.2) is 12.2 Å². The fourth-order valence-corrected chi connectivity index (χ4v) is 2.53. The predicted octanol–water partition coefficient (Wildman–Crippen LogP) is 3.12. The molecule has 0 nitrogen and oxygen atoms in total. The van der Waals surface area contributed by atoms with Crippen molar-refractivity contribution in [1.29, 1.82) is 0 Å². The molecule has 0 rings (SSSR count). The summed E-state index contributed by atoms with van der Waals surface area (Å²) in [5, 5.41) is 0. The van der Waals surface area contributed by atoms with Crippen LogP contribution in [-0.2, 0) is 0 Å². The van der Waals surface area contributed by atoms with Crippen LogP contribution in [0.3, 0.4) is 0 Å². The largest absolute Gasteiger partial charge is 0.266 e. The zero-order valence-electron chi connectivity index (χ0n) is 5.90. The van der Waals surface area contributed by atoms with Crippen LogP contribution in [0, 0.1) is 12.3 Å². The lowest BCUT2D eigenvalue weighted by molar-refractivity contribution is 1.55. The van der Waals surface area contributed by atoms with E-state index in [0.29, 0.717) is 6.04 Å². The Morgan fingerprint density at radius 1 is 1.60 bits per heavy atom. The summed E-state index contributed by atoms with van der Waals surface area (Å²) in [6.45, 7) is -0.164. The fourth-order valence-electron chi connectivity index (χ4n) is 0.512. The first-order valence-electron chi connectivity index (χ1n) is 3.05. The zero-order valence-corrected chi connectivity index (χ0v) is 8.41. The topological polar surface area (TPSA) is 0 Å². The van der Waals surface area contributed by atoms with Crippen molar-refractivity contribution in [2.75, 3.05) is 0 Å². The standard InChI is InChI=1S/C7H10Cl2Si/c1-3-5-7-10(8,9)6-4-2/h2-3,5H,6-7H2,1H3. The van der Waals surface area contributed by atoms with E-state index in [9.17, 15) is 0 Å². The van der Waals surface area contributed by atoms with E-state index >= 15 is 0 Å². The monoisotopic (exact) mass is 192 g/mol. The van der Waals surface area contributed by atoms with Crippen LogP contribution in [-0.4, -0.2) is 6.69 Å². The van der Waals surface area contributed by atoms with E-state index in [0.717, 1.165) is 6.04 Å². The van der Waals surface area contributed by atoms with Crippen molar-refractivity contribution in [3.8, 4) is 12.3 Å². The molecule has 0 aliphatic heterocycles. The van der Waals surface area contributed by atoms with Gasteiger partial charge in [0.15, 0.2) is 0 Å². The first-order chi connectivity index (χ1) is 4.62. The van der Waals surface area contributed by atoms with Gasteiger partial charge in [-0.3, -0.25) is 0 Å². The molecule has 0 aliphatic rings. The summed E-state index contributed by atoms with van der Waals surface area (Å²) < 4.78 is 0. The smallest absolute Gasteiger partial charge is 0.145 e. The second-order valence-corrected chi connectivity index (χ2v) is 9.41. The Morgan fingerprint density at radius 2 is 2.20 bits per heavy atom. The van der Waals surface area contributed by atoms with E-state index < -0.39 is 6.69 Å². The average Bonchev–Trinajstić information content (AvgIpc) is 1.84. The SMILES string of the molecule is C#CC[Si](Cl)(Cl)CC=CC. The van der Waals surface area contributed by atoms with Gasteiger partial charge in [-0.25, -0.2) is 0 Å². The molecule has 0 aromatic carbocycles. The van der Waals surface area contributed by atoms with Gasteiger partial charge in [-0.2, -0.15) is 0 Å². The molecule has 0 radical (unpaired) electrons. The number of hydrogen-bond donors (Lipinski definition) is 0. The number of rotatable bonds is 3. The Labute approximate surface area is 72.6 Å². The van der Waals surface area contributed by atoms with E-state index in [4.69, 9.17) is 28.6 Å². The van der Waals surface area contributed by atoms with Gasteiger partial charge in [0, 0.05) is 6.04 Å². The Balaban J connectivity index is 3.76. The van der Waals surface area contributed by atoms with E-state index in [1.165, 1.54) is 0 Å². The first kappa shape index (κ1) is 10.1. The van der Waals surface area contributed by atoms with Gasteiger partial charge < -0.3 is 0 Å². The van der Waals surface area contributed by atoms with Crippen LogP contribution >= 0.6 is 22.2 Å². The molecule has 0 bridgehead atoms. The molecule has 0 N–H and O–H groups in total. The molecule has 0 saturated carbocycles. The molecule has 0 fully saturated rings. The summed E-state index contributed by atoms with van der Waals surface area (Å²) in [6.07, 6.45) is 8.97. The van der Waals surface area contributed by atoms with Gasteiger partial charge in [-0.05, 0) is 13.0 Å². The Bertz CT molecular complexity index is 155. The number of halogens is 2. The third-order valence-corrected chi connectivity index (χ3v) is 4.29. The first-order valence-corrected chi connectivity index (χ1v) is 7.48. The highest BCUT2D eigenvalue weighted by Crippen LogP contribution is 2.24. The molecule has 0 aromatic rings. The molecule has 0 unspecified atom stereocenters. The lowest BCUT2D eigenvalue weighted by Gasteiger charge is -2.08. The Morgan fingerprint density at radius 3 is 2.60 bits per heavy atom. The maximum Gasteiger partial charge on any atom is 0.266 e. The highest BCUT2D eigenvalue weighted by molar-refractivity contribution is 7.45. The second kappa shape index (κ2) is 4.84. The zero-order chi connectivity index (χ0) is 8.04. The normalized spacial score (nSPS) is 11.8. The summed E-state index contributed by atoms with van der Waals surface area (Å²) in [7, 11) is 0. The minimum Gasteiger partial charge on any atom is -0.145 e. The third kappa shape index (κ3) is 4.93. The van der Waals surface area contributed by atoms with E-state index in [1.807, 2.05) is 19.1 Å². The van der Waals surface area contributed by atoms with Crippen LogP contribution in [0.4, 0.5) is 0 Å². The highest BCUT2D eigenvalue weighted by atomic mass is 35.7. The number of terminal acetylenes is 1. The molecule has 10 heavy (non-hydrogen) atoms. The third-order valence-electron chi connectivity index (χ3n) is 1.01. The molecule has 0 atom stereocenters. The molecule has 0 spiro atoms. The van der Waals surface area contributed by atoms with Gasteiger partial charge in [-0.1, -0.05) is 12.2 Å². The minimum atomic E-state index is -2.10. The summed E-state index contributed by atoms with van der Waals surface area (Å²) in [5.74, 6) is 2.48. The van der Waals surface area contributed by atoms with Crippen LogP contribution in [0.2, 0.25) is 12.1 Å². The molecule has 3 heteroatoms.